The van der Waals surface area contributed by atoms with Crippen molar-refractivity contribution >= 4 is 5.97 Å². The summed E-state index contributed by atoms with van der Waals surface area (Å²) in [6, 6.07) is 9.27. The number of carboxylic acids is 1. The first-order chi connectivity index (χ1) is 10.5. The third-order valence-corrected chi connectivity index (χ3v) is 3.21. The van der Waals surface area contributed by atoms with Gasteiger partial charge in [0.2, 0.25) is 0 Å². The van der Waals surface area contributed by atoms with Crippen LogP contribution in [0.3, 0.4) is 0 Å². The van der Waals surface area contributed by atoms with Gasteiger partial charge in [-0.1, -0.05) is 12.1 Å². The van der Waals surface area contributed by atoms with Crippen LogP contribution in [0.4, 0.5) is 4.39 Å². The van der Waals surface area contributed by atoms with Crippen LogP contribution in [0.2, 0.25) is 0 Å². The molecular formula is C15H11FN4O2. The van der Waals surface area contributed by atoms with Crippen molar-refractivity contribution < 1.29 is 14.3 Å². The van der Waals surface area contributed by atoms with Gasteiger partial charge in [-0.15, -0.1) is 5.10 Å². The minimum Gasteiger partial charge on any atom is -0.478 e. The Morgan fingerprint density at radius 3 is 2.68 bits per heavy atom. The number of tetrazole rings is 1. The predicted octanol–water partition coefficient (Wildman–Crippen LogP) is 2.48. The van der Waals surface area contributed by atoms with Gasteiger partial charge in [0, 0.05) is 5.56 Å². The summed E-state index contributed by atoms with van der Waals surface area (Å²) in [4.78, 5) is 11.3. The standard InChI is InChI=1S/C15H11FN4O2/c1-9-2-3-13(14(16)4-9)10-5-11(15(21)22)7-12(6-10)20-8-17-18-19-20/h2-8H,1H3,(H,21,22). The average molecular weight is 298 g/mol. The Morgan fingerprint density at radius 2 is 2.05 bits per heavy atom. The molecule has 3 aromatic rings. The summed E-state index contributed by atoms with van der Waals surface area (Å²) in [5.41, 5.74) is 2.03. The fraction of sp³-hybridized carbons (Fsp3) is 0.0667. The molecule has 0 aliphatic carbocycles. The second kappa shape index (κ2) is 5.36. The number of halogens is 1. The maximum Gasteiger partial charge on any atom is 0.335 e. The number of aromatic nitrogens is 4. The second-order valence-electron chi connectivity index (χ2n) is 4.81. The third kappa shape index (κ3) is 2.56. The molecule has 0 saturated carbocycles. The van der Waals surface area contributed by atoms with Crippen LogP contribution in [0, 0.1) is 12.7 Å². The van der Waals surface area contributed by atoms with Crippen molar-refractivity contribution in [3.63, 3.8) is 0 Å². The third-order valence-electron chi connectivity index (χ3n) is 3.21. The zero-order valence-corrected chi connectivity index (χ0v) is 11.6. The first-order valence-electron chi connectivity index (χ1n) is 6.43. The molecule has 0 aliphatic heterocycles. The number of aromatic carboxylic acids is 1. The minimum atomic E-state index is -1.11. The Balaban J connectivity index is 2.20. The lowest BCUT2D eigenvalue weighted by Gasteiger charge is -2.09. The molecule has 0 fully saturated rings. The van der Waals surface area contributed by atoms with E-state index in [2.05, 4.69) is 15.5 Å². The summed E-state index contributed by atoms with van der Waals surface area (Å²) in [5, 5.41) is 20.0. The molecule has 2 aromatic carbocycles. The maximum atomic E-state index is 14.1. The van der Waals surface area contributed by atoms with Crippen LogP contribution < -0.4 is 0 Å². The fourth-order valence-corrected chi connectivity index (χ4v) is 2.16. The van der Waals surface area contributed by atoms with Crippen molar-refractivity contribution in [2.75, 3.05) is 0 Å². The highest BCUT2D eigenvalue weighted by Gasteiger charge is 2.13. The lowest BCUT2D eigenvalue weighted by molar-refractivity contribution is 0.0697. The molecule has 7 heteroatoms. The molecule has 3 rings (SSSR count). The molecule has 0 aliphatic rings. The molecule has 0 atom stereocenters. The second-order valence-corrected chi connectivity index (χ2v) is 4.81. The zero-order chi connectivity index (χ0) is 15.7. The lowest BCUT2D eigenvalue weighted by atomic mass is 10.0. The molecule has 0 bridgehead atoms. The van der Waals surface area contributed by atoms with Crippen LogP contribution in [-0.2, 0) is 0 Å². The van der Waals surface area contributed by atoms with Gasteiger partial charge in [-0.05, 0) is 52.7 Å². The SMILES string of the molecule is Cc1ccc(-c2cc(C(=O)O)cc(-n3cnnn3)c2)c(F)c1. The summed E-state index contributed by atoms with van der Waals surface area (Å²) >= 11 is 0. The first kappa shape index (κ1) is 13.9. The van der Waals surface area contributed by atoms with Crippen LogP contribution in [0.25, 0.3) is 16.8 Å². The number of carboxylic acid groups (broad SMARTS) is 1. The van der Waals surface area contributed by atoms with Crippen LogP contribution in [0.1, 0.15) is 15.9 Å². The molecule has 1 aromatic heterocycles. The predicted molar refractivity (Wildman–Crippen MR) is 76.2 cm³/mol. The molecule has 1 heterocycles. The molecular weight excluding hydrogens is 287 g/mol. The summed E-state index contributed by atoms with van der Waals surface area (Å²) in [6.45, 7) is 1.78. The van der Waals surface area contributed by atoms with Gasteiger partial charge < -0.3 is 5.11 Å². The van der Waals surface area contributed by atoms with E-state index < -0.39 is 11.8 Å². The van der Waals surface area contributed by atoms with Crippen molar-refractivity contribution in [3.05, 3.63) is 59.7 Å². The van der Waals surface area contributed by atoms with Gasteiger partial charge in [0.05, 0.1) is 11.3 Å². The van der Waals surface area contributed by atoms with E-state index in [1.165, 1.54) is 29.2 Å². The number of nitrogens with zero attached hydrogens (tertiary/aromatic N) is 4. The normalized spacial score (nSPS) is 10.6. The van der Waals surface area contributed by atoms with Crippen LogP contribution in [0.15, 0.2) is 42.7 Å². The molecule has 0 amide bonds. The zero-order valence-electron chi connectivity index (χ0n) is 11.6. The number of hydrogen-bond acceptors (Lipinski definition) is 4. The van der Waals surface area contributed by atoms with Crippen LogP contribution in [0.5, 0.6) is 0 Å². The molecule has 1 N–H and O–H groups in total. The highest BCUT2D eigenvalue weighted by Crippen LogP contribution is 2.27. The molecule has 22 heavy (non-hydrogen) atoms. The van der Waals surface area contributed by atoms with Crippen molar-refractivity contribution in [1.82, 2.24) is 20.2 Å². The van der Waals surface area contributed by atoms with E-state index in [1.807, 2.05) is 0 Å². The average Bonchev–Trinajstić information content (AvgIpc) is 3.01. The Kier molecular flexibility index (Phi) is 3.38. The Morgan fingerprint density at radius 1 is 1.23 bits per heavy atom. The van der Waals surface area contributed by atoms with E-state index in [9.17, 15) is 14.3 Å². The summed E-state index contributed by atoms with van der Waals surface area (Å²) in [6.07, 6.45) is 1.34. The molecule has 110 valence electrons. The molecule has 0 saturated heterocycles. The van der Waals surface area contributed by atoms with Gasteiger partial charge in [0.1, 0.15) is 12.1 Å². The van der Waals surface area contributed by atoms with E-state index >= 15 is 0 Å². The monoisotopic (exact) mass is 298 g/mol. The van der Waals surface area contributed by atoms with Crippen molar-refractivity contribution in [2.24, 2.45) is 0 Å². The quantitative estimate of drug-likeness (QED) is 0.803. The number of carbonyl (C=O) groups is 1. The van der Waals surface area contributed by atoms with Crippen LogP contribution in [-0.4, -0.2) is 31.3 Å². The highest BCUT2D eigenvalue weighted by atomic mass is 19.1. The molecule has 0 spiro atoms. The van der Waals surface area contributed by atoms with Gasteiger partial charge in [0.25, 0.3) is 0 Å². The van der Waals surface area contributed by atoms with E-state index in [4.69, 9.17) is 0 Å². The van der Waals surface area contributed by atoms with E-state index in [0.717, 1.165) is 5.56 Å². The van der Waals surface area contributed by atoms with Gasteiger partial charge in [-0.3, -0.25) is 0 Å². The highest BCUT2D eigenvalue weighted by molar-refractivity contribution is 5.90. The molecule has 6 nitrogen and oxygen atoms in total. The number of rotatable bonds is 3. The van der Waals surface area contributed by atoms with Gasteiger partial charge in [-0.25, -0.2) is 13.9 Å². The summed E-state index contributed by atoms with van der Waals surface area (Å²) in [5.74, 6) is -1.52. The maximum absolute atomic E-state index is 14.1. The van der Waals surface area contributed by atoms with E-state index in [1.54, 1.807) is 25.1 Å². The van der Waals surface area contributed by atoms with Gasteiger partial charge in [0.15, 0.2) is 0 Å². The summed E-state index contributed by atoms with van der Waals surface area (Å²) in [7, 11) is 0. The molecule has 0 unspecified atom stereocenters. The summed E-state index contributed by atoms with van der Waals surface area (Å²) < 4.78 is 15.5. The first-order valence-corrected chi connectivity index (χ1v) is 6.43. The van der Waals surface area contributed by atoms with E-state index in [-0.39, 0.29) is 5.56 Å². The van der Waals surface area contributed by atoms with Crippen molar-refractivity contribution in [3.8, 4) is 16.8 Å². The Bertz CT molecular complexity index is 847. The van der Waals surface area contributed by atoms with Crippen molar-refractivity contribution in [1.29, 1.82) is 0 Å². The smallest absolute Gasteiger partial charge is 0.335 e. The van der Waals surface area contributed by atoms with E-state index in [0.29, 0.717) is 16.8 Å². The lowest BCUT2D eigenvalue weighted by Crippen LogP contribution is -2.02. The topological polar surface area (TPSA) is 80.9 Å². The largest absolute Gasteiger partial charge is 0.478 e. The fourth-order valence-electron chi connectivity index (χ4n) is 2.16. The van der Waals surface area contributed by atoms with Gasteiger partial charge >= 0.3 is 5.97 Å². The molecule has 0 radical (unpaired) electrons. The minimum absolute atomic E-state index is 0.0305. The number of hydrogen-bond donors (Lipinski definition) is 1. The van der Waals surface area contributed by atoms with Crippen LogP contribution >= 0.6 is 0 Å². The number of aryl methyl sites for hydroxylation is 1. The van der Waals surface area contributed by atoms with Gasteiger partial charge in [-0.2, -0.15) is 0 Å². The number of benzene rings is 2. The Labute approximate surface area is 124 Å². The van der Waals surface area contributed by atoms with Crippen molar-refractivity contribution in [2.45, 2.75) is 6.92 Å². The Hall–Kier alpha value is -3.09.